The molecular formula is C19H30N4O2. The van der Waals surface area contributed by atoms with E-state index in [9.17, 15) is 9.59 Å². The predicted octanol–water partition coefficient (Wildman–Crippen LogP) is 2.63. The number of hydrogen-bond donors (Lipinski definition) is 2. The van der Waals surface area contributed by atoms with Crippen molar-refractivity contribution in [2.24, 2.45) is 5.92 Å². The molecule has 0 unspecified atom stereocenters. The molecule has 1 aromatic carbocycles. The monoisotopic (exact) mass is 346 g/mol. The minimum atomic E-state index is -0.114. The molecule has 1 atom stereocenters. The van der Waals surface area contributed by atoms with Crippen LogP contribution in [-0.4, -0.2) is 62.0 Å². The third kappa shape index (κ3) is 6.05. The number of anilines is 1. The zero-order valence-corrected chi connectivity index (χ0v) is 15.5. The lowest BCUT2D eigenvalue weighted by atomic mass is 9.98. The lowest BCUT2D eigenvalue weighted by molar-refractivity contribution is 0.0953. The highest BCUT2D eigenvalue weighted by Gasteiger charge is 2.20. The Morgan fingerprint density at radius 1 is 1.28 bits per heavy atom. The molecule has 0 aromatic heterocycles. The Hall–Kier alpha value is -2.08. The van der Waals surface area contributed by atoms with E-state index in [-0.39, 0.29) is 11.9 Å². The molecule has 1 heterocycles. The first-order valence-corrected chi connectivity index (χ1v) is 9.08. The Morgan fingerprint density at radius 3 is 2.64 bits per heavy atom. The summed E-state index contributed by atoms with van der Waals surface area (Å²) in [6, 6.07) is 6.88. The summed E-state index contributed by atoms with van der Waals surface area (Å²) in [5.41, 5.74) is 1.30. The molecule has 25 heavy (non-hydrogen) atoms. The van der Waals surface area contributed by atoms with Gasteiger partial charge in [0.05, 0.1) is 0 Å². The molecule has 0 radical (unpaired) electrons. The van der Waals surface area contributed by atoms with Crippen LogP contribution in [0.3, 0.4) is 0 Å². The Morgan fingerprint density at radius 2 is 2.00 bits per heavy atom. The lowest BCUT2D eigenvalue weighted by Crippen LogP contribution is -2.41. The molecule has 6 heteroatoms. The number of carbonyl (C=O) groups excluding carboxylic acids is 2. The molecule has 1 saturated heterocycles. The van der Waals surface area contributed by atoms with Gasteiger partial charge >= 0.3 is 6.03 Å². The minimum absolute atomic E-state index is 0.0849. The number of benzene rings is 1. The first-order chi connectivity index (χ1) is 12.0. The maximum atomic E-state index is 12.3. The van der Waals surface area contributed by atoms with Gasteiger partial charge in [-0.1, -0.05) is 6.92 Å². The van der Waals surface area contributed by atoms with Gasteiger partial charge < -0.3 is 20.4 Å². The van der Waals surface area contributed by atoms with Gasteiger partial charge in [-0.25, -0.2) is 4.79 Å². The van der Waals surface area contributed by atoms with Crippen molar-refractivity contribution < 1.29 is 9.59 Å². The van der Waals surface area contributed by atoms with Gasteiger partial charge in [-0.2, -0.15) is 0 Å². The van der Waals surface area contributed by atoms with E-state index < -0.39 is 0 Å². The third-order valence-electron chi connectivity index (χ3n) is 4.53. The number of carbonyl (C=O) groups is 2. The minimum Gasteiger partial charge on any atom is -0.352 e. The molecule has 1 fully saturated rings. The van der Waals surface area contributed by atoms with Crippen molar-refractivity contribution in [3.8, 4) is 0 Å². The topological polar surface area (TPSA) is 64.7 Å². The van der Waals surface area contributed by atoms with E-state index in [1.807, 2.05) is 14.0 Å². The molecule has 6 nitrogen and oxygen atoms in total. The molecule has 1 aliphatic heterocycles. The molecule has 0 spiro atoms. The molecule has 2 N–H and O–H groups in total. The highest BCUT2D eigenvalue weighted by molar-refractivity contribution is 5.95. The zero-order chi connectivity index (χ0) is 18.2. The first-order valence-electron chi connectivity index (χ1n) is 9.08. The summed E-state index contributed by atoms with van der Waals surface area (Å²) in [4.78, 5) is 28.3. The summed E-state index contributed by atoms with van der Waals surface area (Å²) in [7, 11) is 3.96. The normalized spacial score (nSPS) is 17.8. The van der Waals surface area contributed by atoms with Crippen LogP contribution in [0.4, 0.5) is 10.5 Å². The van der Waals surface area contributed by atoms with Gasteiger partial charge in [-0.15, -0.1) is 0 Å². The number of piperidine rings is 1. The Labute approximate surface area is 150 Å². The summed E-state index contributed by atoms with van der Waals surface area (Å²) in [6.45, 7) is 5.62. The number of hydrogen-bond acceptors (Lipinski definition) is 3. The van der Waals surface area contributed by atoms with E-state index in [0.29, 0.717) is 23.7 Å². The van der Waals surface area contributed by atoms with Crippen LogP contribution in [0.1, 0.15) is 36.5 Å². The van der Waals surface area contributed by atoms with Crippen LogP contribution in [0.25, 0.3) is 0 Å². The number of likely N-dealkylation sites (tertiary alicyclic amines) is 1. The maximum absolute atomic E-state index is 12.3. The molecule has 2 rings (SSSR count). The Bertz CT molecular complexity index is 573. The van der Waals surface area contributed by atoms with Gasteiger partial charge in [0.25, 0.3) is 5.91 Å². The second-order valence-corrected chi connectivity index (χ2v) is 6.91. The summed E-state index contributed by atoms with van der Waals surface area (Å²) in [5.74, 6) is 0.442. The summed E-state index contributed by atoms with van der Waals surface area (Å²) >= 11 is 0. The van der Waals surface area contributed by atoms with Gasteiger partial charge in [0.15, 0.2) is 0 Å². The standard InChI is InChI=1S/C19H30N4O2/c1-4-11-20-18(24)16-7-9-17(10-8-16)21-19(25)23(3)14-15-6-5-12-22(2)13-15/h7-10,15H,4-6,11-14H2,1-3H3,(H,20,24)(H,21,25)/t15-/m0/s1. The number of nitrogens with one attached hydrogen (secondary N) is 2. The number of rotatable bonds is 6. The largest absolute Gasteiger partial charge is 0.352 e. The third-order valence-corrected chi connectivity index (χ3v) is 4.53. The first kappa shape index (κ1) is 19.2. The van der Waals surface area contributed by atoms with E-state index in [1.54, 1.807) is 29.2 Å². The number of nitrogens with zero attached hydrogens (tertiary/aromatic N) is 2. The van der Waals surface area contributed by atoms with Crippen LogP contribution in [0.15, 0.2) is 24.3 Å². The van der Waals surface area contributed by atoms with Gasteiger partial charge in [0, 0.05) is 37.9 Å². The van der Waals surface area contributed by atoms with E-state index in [0.717, 1.165) is 26.1 Å². The van der Waals surface area contributed by atoms with E-state index >= 15 is 0 Å². The van der Waals surface area contributed by atoms with E-state index in [2.05, 4.69) is 22.6 Å². The van der Waals surface area contributed by atoms with Gasteiger partial charge in [-0.3, -0.25) is 4.79 Å². The van der Waals surface area contributed by atoms with E-state index in [4.69, 9.17) is 0 Å². The summed E-state index contributed by atoms with van der Waals surface area (Å²) < 4.78 is 0. The fourth-order valence-electron chi connectivity index (χ4n) is 3.16. The highest BCUT2D eigenvalue weighted by Crippen LogP contribution is 2.16. The molecule has 1 aromatic rings. The summed E-state index contributed by atoms with van der Waals surface area (Å²) in [6.07, 6.45) is 3.27. The van der Waals surface area contributed by atoms with Crippen molar-refractivity contribution >= 4 is 17.6 Å². The Balaban J connectivity index is 1.84. The molecule has 3 amide bonds. The van der Waals surface area contributed by atoms with Crippen LogP contribution in [0.2, 0.25) is 0 Å². The molecular weight excluding hydrogens is 316 g/mol. The number of amides is 3. The predicted molar refractivity (Wildman–Crippen MR) is 101 cm³/mol. The fourth-order valence-corrected chi connectivity index (χ4v) is 3.16. The molecule has 0 aliphatic carbocycles. The van der Waals surface area contributed by atoms with Crippen molar-refractivity contribution in [1.82, 2.24) is 15.1 Å². The van der Waals surface area contributed by atoms with Gasteiger partial charge in [-0.05, 0) is 63.0 Å². The van der Waals surface area contributed by atoms with Crippen LogP contribution >= 0.6 is 0 Å². The molecule has 0 saturated carbocycles. The van der Waals surface area contributed by atoms with Crippen LogP contribution in [0.5, 0.6) is 0 Å². The smallest absolute Gasteiger partial charge is 0.321 e. The summed E-state index contributed by atoms with van der Waals surface area (Å²) in [5, 5.41) is 5.73. The van der Waals surface area contributed by atoms with Crippen molar-refractivity contribution in [3.63, 3.8) is 0 Å². The highest BCUT2D eigenvalue weighted by atomic mass is 16.2. The Kier molecular flexibility index (Phi) is 7.25. The molecule has 138 valence electrons. The van der Waals surface area contributed by atoms with Gasteiger partial charge in [0.1, 0.15) is 0 Å². The number of urea groups is 1. The second kappa shape index (κ2) is 9.42. The quantitative estimate of drug-likeness (QED) is 0.832. The molecule has 1 aliphatic rings. The molecule has 0 bridgehead atoms. The van der Waals surface area contributed by atoms with Crippen LogP contribution in [-0.2, 0) is 0 Å². The SMILES string of the molecule is CCCNC(=O)c1ccc(NC(=O)N(C)C[C@H]2CCCN(C)C2)cc1. The maximum Gasteiger partial charge on any atom is 0.321 e. The van der Waals surface area contributed by atoms with Crippen molar-refractivity contribution in [2.45, 2.75) is 26.2 Å². The van der Waals surface area contributed by atoms with Crippen molar-refractivity contribution in [1.29, 1.82) is 0 Å². The van der Waals surface area contributed by atoms with Crippen LogP contribution in [0, 0.1) is 5.92 Å². The van der Waals surface area contributed by atoms with E-state index in [1.165, 1.54) is 12.8 Å². The average Bonchev–Trinajstić information content (AvgIpc) is 2.60. The zero-order valence-electron chi connectivity index (χ0n) is 15.5. The second-order valence-electron chi connectivity index (χ2n) is 6.91. The fraction of sp³-hybridized carbons (Fsp3) is 0.579. The van der Waals surface area contributed by atoms with Crippen molar-refractivity contribution in [3.05, 3.63) is 29.8 Å². The lowest BCUT2D eigenvalue weighted by Gasteiger charge is -2.32. The van der Waals surface area contributed by atoms with Gasteiger partial charge in [0.2, 0.25) is 0 Å². The van der Waals surface area contributed by atoms with Crippen LogP contribution < -0.4 is 10.6 Å². The average molecular weight is 346 g/mol. The van der Waals surface area contributed by atoms with Crippen molar-refractivity contribution in [2.75, 3.05) is 45.6 Å².